The number of rotatable bonds is 3. The zero-order valence-corrected chi connectivity index (χ0v) is 10.2. The van der Waals surface area contributed by atoms with E-state index in [0.717, 1.165) is 24.2 Å². The second-order valence-corrected chi connectivity index (χ2v) is 6.49. The molecule has 0 unspecified atom stereocenters. The van der Waals surface area contributed by atoms with E-state index in [-0.39, 0.29) is 5.97 Å². The van der Waals surface area contributed by atoms with Crippen LogP contribution >= 0.6 is 0 Å². The quantitative estimate of drug-likeness (QED) is 0.686. The summed E-state index contributed by atoms with van der Waals surface area (Å²) in [6, 6.07) is 0. The average Bonchev–Trinajstić information content (AvgIpc) is 2.24. The summed E-state index contributed by atoms with van der Waals surface area (Å²) >= 11 is 0. The molecule has 90 valence electrons. The van der Waals surface area contributed by atoms with E-state index < -0.39 is 0 Å². The molecular formula is C14H22O2. The molecule has 4 fully saturated rings. The lowest BCUT2D eigenvalue weighted by molar-refractivity contribution is -0.142. The third kappa shape index (κ3) is 1.76. The maximum absolute atomic E-state index is 11.3. The van der Waals surface area contributed by atoms with Crippen LogP contribution in [0.4, 0.5) is 0 Å². The maximum Gasteiger partial charge on any atom is 0.305 e. The van der Waals surface area contributed by atoms with Gasteiger partial charge in [-0.2, -0.15) is 0 Å². The number of hydrogen-bond acceptors (Lipinski definition) is 2. The smallest absolute Gasteiger partial charge is 0.305 e. The Kier molecular flexibility index (Phi) is 2.49. The zero-order valence-electron chi connectivity index (χ0n) is 10.2. The van der Waals surface area contributed by atoms with E-state index in [4.69, 9.17) is 4.74 Å². The van der Waals surface area contributed by atoms with E-state index in [2.05, 4.69) is 0 Å². The number of ether oxygens (including phenoxy) is 1. The second kappa shape index (κ2) is 3.75. The molecule has 0 aromatic carbocycles. The normalized spacial score (nSPS) is 44.7. The Hall–Kier alpha value is -0.530. The predicted octanol–water partition coefficient (Wildman–Crippen LogP) is 3.16. The largest absolute Gasteiger partial charge is 0.469 e. The first-order chi connectivity index (χ1) is 7.69. The topological polar surface area (TPSA) is 26.3 Å². The van der Waals surface area contributed by atoms with Gasteiger partial charge in [0, 0.05) is 6.42 Å². The second-order valence-electron chi connectivity index (χ2n) is 6.49. The lowest BCUT2D eigenvalue weighted by Gasteiger charge is -2.57. The SMILES string of the molecule is COC(=O)CCC12CC3CC(CC(C3)C1)C2. The average molecular weight is 222 g/mol. The fraction of sp³-hybridized carbons (Fsp3) is 0.929. The summed E-state index contributed by atoms with van der Waals surface area (Å²) in [5.74, 6) is 2.95. The van der Waals surface area contributed by atoms with Crippen molar-refractivity contribution in [2.75, 3.05) is 7.11 Å². The van der Waals surface area contributed by atoms with E-state index in [1.54, 1.807) is 0 Å². The summed E-state index contributed by atoms with van der Waals surface area (Å²) in [5, 5.41) is 0. The molecule has 0 atom stereocenters. The molecule has 4 rings (SSSR count). The number of hydrogen-bond donors (Lipinski definition) is 0. The van der Waals surface area contributed by atoms with Crippen molar-refractivity contribution in [2.45, 2.75) is 51.4 Å². The van der Waals surface area contributed by atoms with Gasteiger partial charge < -0.3 is 4.74 Å². The van der Waals surface area contributed by atoms with Crippen LogP contribution in [0.5, 0.6) is 0 Å². The molecule has 0 amide bonds. The minimum absolute atomic E-state index is 0.0178. The molecule has 0 aromatic heterocycles. The first-order valence-corrected chi connectivity index (χ1v) is 6.76. The van der Waals surface area contributed by atoms with Gasteiger partial charge in [-0.25, -0.2) is 0 Å². The third-order valence-electron chi connectivity index (χ3n) is 5.25. The van der Waals surface area contributed by atoms with Gasteiger partial charge in [0.1, 0.15) is 0 Å². The highest BCUT2D eigenvalue weighted by Gasteiger charge is 2.50. The Morgan fingerprint density at radius 2 is 1.62 bits per heavy atom. The fourth-order valence-electron chi connectivity index (χ4n) is 5.07. The van der Waals surface area contributed by atoms with Gasteiger partial charge in [0.25, 0.3) is 0 Å². The molecule has 0 N–H and O–H groups in total. The number of methoxy groups -OCH3 is 1. The van der Waals surface area contributed by atoms with E-state index in [1.807, 2.05) is 0 Å². The molecule has 4 saturated carbocycles. The molecule has 0 heterocycles. The molecule has 4 aliphatic carbocycles. The molecule has 16 heavy (non-hydrogen) atoms. The Morgan fingerprint density at radius 3 is 2.06 bits per heavy atom. The van der Waals surface area contributed by atoms with Gasteiger partial charge >= 0.3 is 5.97 Å². The molecule has 4 bridgehead atoms. The standard InChI is InChI=1S/C14H22O2/c1-16-13(15)2-3-14-7-10-4-11(8-14)6-12(5-10)9-14/h10-12H,2-9H2,1H3. The lowest BCUT2D eigenvalue weighted by atomic mass is 9.48. The lowest BCUT2D eigenvalue weighted by Crippen LogP contribution is -2.46. The summed E-state index contributed by atoms with van der Waals surface area (Å²) in [6.07, 6.45) is 10.4. The van der Waals surface area contributed by atoms with Crippen molar-refractivity contribution in [3.63, 3.8) is 0 Å². The molecule has 4 aliphatic rings. The van der Waals surface area contributed by atoms with Crippen molar-refractivity contribution in [3.05, 3.63) is 0 Å². The zero-order chi connectivity index (χ0) is 11.2. The van der Waals surface area contributed by atoms with Crippen LogP contribution in [0.1, 0.15) is 51.4 Å². The van der Waals surface area contributed by atoms with Crippen LogP contribution in [0, 0.1) is 23.2 Å². The fourth-order valence-corrected chi connectivity index (χ4v) is 5.07. The molecule has 0 radical (unpaired) electrons. The van der Waals surface area contributed by atoms with Gasteiger partial charge in [0.2, 0.25) is 0 Å². The van der Waals surface area contributed by atoms with E-state index in [9.17, 15) is 4.79 Å². The first kappa shape index (κ1) is 10.6. The Labute approximate surface area is 97.7 Å². The highest BCUT2D eigenvalue weighted by molar-refractivity contribution is 5.69. The molecule has 2 nitrogen and oxygen atoms in total. The number of esters is 1. The molecule has 0 aliphatic heterocycles. The van der Waals surface area contributed by atoms with Gasteiger partial charge in [-0.15, -0.1) is 0 Å². The predicted molar refractivity (Wildman–Crippen MR) is 61.9 cm³/mol. The molecule has 2 heteroatoms. The van der Waals surface area contributed by atoms with Crippen LogP contribution in [0.15, 0.2) is 0 Å². The summed E-state index contributed by atoms with van der Waals surface area (Å²) in [4.78, 5) is 11.3. The van der Waals surface area contributed by atoms with Gasteiger partial charge in [0.05, 0.1) is 7.11 Å². The van der Waals surface area contributed by atoms with Crippen LogP contribution < -0.4 is 0 Å². The Bertz CT molecular complexity index is 260. The molecule has 0 saturated heterocycles. The van der Waals surface area contributed by atoms with Crippen LogP contribution in [0.2, 0.25) is 0 Å². The number of carbonyl (C=O) groups is 1. The summed E-state index contributed by atoms with van der Waals surface area (Å²) in [5.41, 5.74) is 0.531. The van der Waals surface area contributed by atoms with Crippen molar-refractivity contribution in [2.24, 2.45) is 23.2 Å². The highest BCUT2D eigenvalue weighted by atomic mass is 16.5. The van der Waals surface area contributed by atoms with Gasteiger partial charge in [-0.05, 0) is 68.1 Å². The van der Waals surface area contributed by atoms with Crippen molar-refractivity contribution in [1.29, 1.82) is 0 Å². The van der Waals surface area contributed by atoms with Crippen LogP contribution in [0.3, 0.4) is 0 Å². The molecule has 0 aromatic rings. The van der Waals surface area contributed by atoms with Crippen molar-refractivity contribution in [1.82, 2.24) is 0 Å². The van der Waals surface area contributed by atoms with Crippen LogP contribution in [0.25, 0.3) is 0 Å². The Morgan fingerprint density at radius 1 is 1.12 bits per heavy atom. The summed E-state index contributed by atoms with van der Waals surface area (Å²) in [7, 11) is 1.50. The summed E-state index contributed by atoms with van der Waals surface area (Å²) in [6.45, 7) is 0. The van der Waals surface area contributed by atoms with Crippen molar-refractivity contribution >= 4 is 5.97 Å². The van der Waals surface area contributed by atoms with Gasteiger partial charge in [0.15, 0.2) is 0 Å². The third-order valence-corrected chi connectivity index (χ3v) is 5.25. The van der Waals surface area contributed by atoms with Crippen molar-refractivity contribution in [3.8, 4) is 0 Å². The highest BCUT2D eigenvalue weighted by Crippen LogP contribution is 2.61. The monoisotopic (exact) mass is 222 g/mol. The maximum atomic E-state index is 11.3. The van der Waals surface area contributed by atoms with E-state index in [0.29, 0.717) is 11.8 Å². The van der Waals surface area contributed by atoms with Gasteiger partial charge in [-0.1, -0.05) is 0 Å². The molecular weight excluding hydrogens is 200 g/mol. The van der Waals surface area contributed by atoms with Gasteiger partial charge in [-0.3, -0.25) is 4.79 Å². The molecule has 0 spiro atoms. The van der Waals surface area contributed by atoms with Crippen LogP contribution in [-0.4, -0.2) is 13.1 Å². The first-order valence-electron chi connectivity index (χ1n) is 6.76. The summed E-state index contributed by atoms with van der Waals surface area (Å²) < 4.78 is 4.77. The Balaban J connectivity index is 1.67. The van der Waals surface area contributed by atoms with E-state index >= 15 is 0 Å². The number of carbonyl (C=O) groups excluding carboxylic acids is 1. The van der Waals surface area contributed by atoms with Crippen molar-refractivity contribution < 1.29 is 9.53 Å². The minimum atomic E-state index is -0.0178. The van der Waals surface area contributed by atoms with E-state index in [1.165, 1.54) is 45.6 Å². The van der Waals surface area contributed by atoms with Crippen LogP contribution in [-0.2, 0) is 9.53 Å². The minimum Gasteiger partial charge on any atom is -0.469 e.